The van der Waals surface area contributed by atoms with Crippen molar-refractivity contribution in [3.05, 3.63) is 34.9 Å². The molecule has 1 aliphatic carbocycles. The van der Waals surface area contributed by atoms with Gasteiger partial charge in [0.25, 0.3) is 0 Å². The van der Waals surface area contributed by atoms with Crippen molar-refractivity contribution in [2.45, 2.75) is 50.5 Å². The lowest BCUT2D eigenvalue weighted by molar-refractivity contribution is 0.430. The minimum absolute atomic E-state index is 0. The molecular weight excluding hydrogens is 497 g/mol. The van der Waals surface area contributed by atoms with Gasteiger partial charge in [-0.3, -0.25) is 4.99 Å². The van der Waals surface area contributed by atoms with E-state index in [1.54, 1.807) is 7.05 Å². The van der Waals surface area contributed by atoms with Crippen molar-refractivity contribution in [1.82, 2.24) is 10.6 Å². The number of nitrogens with zero attached hydrogens (tertiary/aromatic N) is 1. The van der Waals surface area contributed by atoms with E-state index in [2.05, 4.69) is 27.8 Å². The molecule has 1 aromatic rings. The van der Waals surface area contributed by atoms with Crippen molar-refractivity contribution in [1.29, 1.82) is 0 Å². The molecule has 1 aliphatic rings. The van der Waals surface area contributed by atoms with E-state index in [1.165, 1.54) is 24.7 Å². The molecule has 0 spiro atoms. The molecule has 0 aromatic heterocycles. The zero-order valence-electron chi connectivity index (χ0n) is 16.3. The second-order valence-electron chi connectivity index (χ2n) is 7.38. The van der Waals surface area contributed by atoms with E-state index in [4.69, 9.17) is 11.6 Å². The molecule has 8 heteroatoms. The zero-order valence-corrected chi connectivity index (χ0v) is 20.2. The summed E-state index contributed by atoms with van der Waals surface area (Å²) in [5, 5.41) is 7.50. The van der Waals surface area contributed by atoms with E-state index in [9.17, 15) is 8.42 Å². The molecular formula is C19H31ClIN3O2S. The Morgan fingerprint density at radius 1 is 1.26 bits per heavy atom. The fraction of sp³-hybridized carbons (Fsp3) is 0.632. The van der Waals surface area contributed by atoms with Crippen LogP contribution in [0.25, 0.3) is 0 Å². The summed E-state index contributed by atoms with van der Waals surface area (Å²) in [7, 11) is -1.21. The lowest BCUT2D eigenvalue weighted by Gasteiger charge is -2.31. The van der Waals surface area contributed by atoms with E-state index in [0.29, 0.717) is 12.4 Å². The number of benzene rings is 1. The van der Waals surface area contributed by atoms with Gasteiger partial charge >= 0.3 is 0 Å². The number of rotatable bonds is 7. The third kappa shape index (κ3) is 7.77. The molecule has 0 aliphatic heterocycles. The Balaban J connectivity index is 0.00000364. The van der Waals surface area contributed by atoms with Gasteiger partial charge in [-0.15, -0.1) is 24.0 Å². The molecule has 1 aromatic carbocycles. The van der Waals surface area contributed by atoms with Gasteiger partial charge in [-0.2, -0.15) is 0 Å². The summed E-state index contributed by atoms with van der Waals surface area (Å²) in [4.78, 5) is 4.30. The van der Waals surface area contributed by atoms with E-state index in [1.807, 2.05) is 19.1 Å². The summed E-state index contributed by atoms with van der Waals surface area (Å²) in [6, 6.07) is 8.20. The molecule has 0 amide bonds. The number of aliphatic imine (C=N–C) groups is 1. The van der Waals surface area contributed by atoms with Crippen LogP contribution in [0.2, 0.25) is 5.02 Å². The molecule has 1 saturated carbocycles. The standard InChI is InChI=1S/C19H30ClN3O2S.HI/c1-15(10-13-26(3,24)25)23-18(21-2)22-14-19(11-4-5-12-19)16-6-8-17(20)9-7-16;/h6-9,15H,4-5,10-14H2,1-3H3,(H2,21,22,23);1H. The van der Waals surface area contributed by atoms with Gasteiger partial charge in [0.2, 0.25) is 0 Å². The molecule has 0 radical (unpaired) electrons. The maximum atomic E-state index is 11.3. The van der Waals surface area contributed by atoms with Crippen molar-refractivity contribution >= 4 is 51.4 Å². The Morgan fingerprint density at radius 2 is 1.85 bits per heavy atom. The minimum Gasteiger partial charge on any atom is -0.356 e. The fourth-order valence-corrected chi connectivity index (χ4v) is 4.47. The summed E-state index contributed by atoms with van der Waals surface area (Å²) in [5.74, 6) is 0.888. The van der Waals surface area contributed by atoms with Crippen LogP contribution in [0.1, 0.15) is 44.6 Å². The molecule has 154 valence electrons. The largest absolute Gasteiger partial charge is 0.356 e. The predicted molar refractivity (Wildman–Crippen MR) is 125 cm³/mol. The van der Waals surface area contributed by atoms with Crippen LogP contribution < -0.4 is 10.6 Å². The molecule has 1 fully saturated rings. The number of guanidine groups is 1. The Morgan fingerprint density at radius 3 is 2.37 bits per heavy atom. The Hall–Kier alpha value is -0.540. The van der Waals surface area contributed by atoms with E-state index in [0.717, 1.165) is 24.4 Å². The molecule has 0 saturated heterocycles. The third-order valence-corrected chi connectivity index (χ3v) is 6.37. The van der Waals surface area contributed by atoms with Crippen LogP contribution in [0.15, 0.2) is 29.3 Å². The number of nitrogens with one attached hydrogen (secondary N) is 2. The highest BCUT2D eigenvalue weighted by atomic mass is 127. The summed E-state index contributed by atoms with van der Waals surface area (Å²) < 4.78 is 22.7. The van der Waals surface area contributed by atoms with Crippen molar-refractivity contribution in [2.24, 2.45) is 4.99 Å². The SMILES string of the molecule is CN=C(NCC1(c2ccc(Cl)cc2)CCCC1)NC(C)CCS(C)(=O)=O.I. The fourth-order valence-electron chi connectivity index (χ4n) is 3.57. The first-order valence-corrected chi connectivity index (χ1v) is 11.6. The number of hydrogen-bond donors (Lipinski definition) is 2. The average molecular weight is 528 g/mol. The molecule has 1 atom stereocenters. The Labute approximate surface area is 185 Å². The molecule has 2 N–H and O–H groups in total. The van der Waals surface area contributed by atoms with Crippen molar-refractivity contribution < 1.29 is 8.42 Å². The molecule has 1 unspecified atom stereocenters. The van der Waals surface area contributed by atoms with Gasteiger partial charge < -0.3 is 10.6 Å². The van der Waals surface area contributed by atoms with Gasteiger partial charge in [-0.1, -0.05) is 36.6 Å². The van der Waals surface area contributed by atoms with E-state index < -0.39 is 9.84 Å². The molecule has 27 heavy (non-hydrogen) atoms. The summed E-state index contributed by atoms with van der Waals surface area (Å²) in [6.45, 7) is 2.77. The Kier molecular flexibility index (Phi) is 9.85. The summed E-state index contributed by atoms with van der Waals surface area (Å²) >= 11 is 6.05. The van der Waals surface area contributed by atoms with Gasteiger partial charge in [0.1, 0.15) is 9.84 Å². The first-order chi connectivity index (χ1) is 12.2. The van der Waals surface area contributed by atoms with Crippen LogP contribution in [0.3, 0.4) is 0 Å². The zero-order chi connectivity index (χ0) is 19.2. The highest BCUT2D eigenvalue weighted by Gasteiger charge is 2.35. The maximum Gasteiger partial charge on any atom is 0.191 e. The van der Waals surface area contributed by atoms with Crippen LogP contribution in [0.5, 0.6) is 0 Å². The van der Waals surface area contributed by atoms with Gasteiger partial charge in [0.05, 0.1) is 5.75 Å². The number of hydrogen-bond acceptors (Lipinski definition) is 3. The normalized spacial score (nSPS) is 17.9. The topological polar surface area (TPSA) is 70.6 Å². The van der Waals surface area contributed by atoms with Gasteiger partial charge in [0.15, 0.2) is 5.96 Å². The van der Waals surface area contributed by atoms with Gasteiger partial charge in [-0.25, -0.2) is 8.42 Å². The van der Waals surface area contributed by atoms with E-state index >= 15 is 0 Å². The molecule has 5 nitrogen and oxygen atoms in total. The smallest absolute Gasteiger partial charge is 0.191 e. The van der Waals surface area contributed by atoms with Crippen molar-refractivity contribution in [3.8, 4) is 0 Å². The first-order valence-electron chi connectivity index (χ1n) is 9.15. The monoisotopic (exact) mass is 527 g/mol. The van der Waals surface area contributed by atoms with Crippen molar-refractivity contribution in [2.75, 3.05) is 25.6 Å². The van der Waals surface area contributed by atoms with Crippen LogP contribution in [0.4, 0.5) is 0 Å². The second-order valence-corrected chi connectivity index (χ2v) is 10.1. The minimum atomic E-state index is -2.95. The van der Waals surface area contributed by atoms with Crippen molar-refractivity contribution in [3.63, 3.8) is 0 Å². The number of sulfone groups is 1. The molecule has 0 bridgehead atoms. The quantitative estimate of drug-likeness (QED) is 0.322. The highest BCUT2D eigenvalue weighted by molar-refractivity contribution is 14.0. The summed E-state index contributed by atoms with van der Waals surface area (Å²) in [6.07, 6.45) is 6.55. The van der Waals surface area contributed by atoms with Crippen LogP contribution in [-0.4, -0.2) is 46.0 Å². The molecule has 2 rings (SSSR count). The predicted octanol–water partition coefficient (Wildman–Crippen LogP) is 3.76. The van der Waals surface area contributed by atoms with Gasteiger partial charge in [-0.05, 0) is 43.9 Å². The first kappa shape index (κ1) is 24.5. The van der Waals surface area contributed by atoms with Crippen LogP contribution in [-0.2, 0) is 15.3 Å². The third-order valence-electron chi connectivity index (χ3n) is 5.14. The van der Waals surface area contributed by atoms with Crippen LogP contribution in [0, 0.1) is 0 Å². The maximum absolute atomic E-state index is 11.3. The highest BCUT2D eigenvalue weighted by Crippen LogP contribution is 2.40. The second kappa shape index (κ2) is 10.9. The van der Waals surface area contributed by atoms with Gasteiger partial charge in [0, 0.05) is 36.3 Å². The van der Waals surface area contributed by atoms with Crippen LogP contribution >= 0.6 is 35.6 Å². The molecule has 0 heterocycles. The summed E-state index contributed by atoms with van der Waals surface area (Å²) in [5.41, 5.74) is 1.41. The average Bonchev–Trinajstić information content (AvgIpc) is 3.07. The van der Waals surface area contributed by atoms with E-state index in [-0.39, 0.29) is 41.2 Å². The Bertz CT molecular complexity index is 717. The lowest BCUT2D eigenvalue weighted by Crippen LogP contribution is -2.47. The lowest BCUT2D eigenvalue weighted by atomic mass is 9.79. The number of halogens is 2.